The van der Waals surface area contributed by atoms with Crippen LogP contribution in [0.5, 0.6) is 0 Å². The van der Waals surface area contributed by atoms with Gasteiger partial charge in [-0.3, -0.25) is 14.9 Å². The normalized spacial score (nSPS) is 12.1. The number of furan rings is 1. The number of rotatable bonds is 5. The minimum atomic E-state index is -0.722. The Hall–Kier alpha value is -1.89. The second-order valence-corrected chi connectivity index (χ2v) is 3.16. The van der Waals surface area contributed by atoms with Crippen LogP contribution in [0.1, 0.15) is 23.9 Å². The van der Waals surface area contributed by atoms with Gasteiger partial charge in [0.2, 0.25) is 0 Å². The standard InChI is InChI=1S/C9H12N2O5/c1-2-6(5-12)10-9(13)7-3-4-8(16-7)11(14)15/h3-4,6,12H,2,5H2,1H3,(H,10,13)/t6-/m0/s1. The van der Waals surface area contributed by atoms with Crippen LogP contribution in [0.15, 0.2) is 16.5 Å². The Kier molecular flexibility index (Phi) is 4.01. The number of hydrogen-bond donors (Lipinski definition) is 2. The first kappa shape index (κ1) is 12.2. The number of carbonyl (C=O) groups excluding carboxylic acids is 1. The first-order chi connectivity index (χ1) is 7.58. The molecule has 0 aliphatic carbocycles. The molecule has 0 aliphatic rings. The molecule has 0 bridgehead atoms. The van der Waals surface area contributed by atoms with E-state index in [0.29, 0.717) is 6.42 Å². The van der Waals surface area contributed by atoms with Gasteiger partial charge in [-0.25, -0.2) is 0 Å². The van der Waals surface area contributed by atoms with Crippen molar-refractivity contribution in [2.75, 3.05) is 6.61 Å². The van der Waals surface area contributed by atoms with E-state index in [1.807, 2.05) is 0 Å². The van der Waals surface area contributed by atoms with Crippen molar-refractivity contribution >= 4 is 11.8 Å². The van der Waals surface area contributed by atoms with E-state index in [0.717, 1.165) is 6.07 Å². The lowest BCUT2D eigenvalue weighted by molar-refractivity contribution is -0.402. The Bertz CT molecular complexity index is 383. The second kappa shape index (κ2) is 5.26. The molecule has 0 saturated carbocycles. The summed E-state index contributed by atoms with van der Waals surface area (Å²) in [5.74, 6) is -1.20. The summed E-state index contributed by atoms with van der Waals surface area (Å²) in [7, 11) is 0. The van der Waals surface area contributed by atoms with Crippen LogP contribution >= 0.6 is 0 Å². The molecule has 1 atom stereocenters. The van der Waals surface area contributed by atoms with Gasteiger partial charge in [0, 0.05) is 0 Å². The highest BCUT2D eigenvalue weighted by atomic mass is 16.6. The molecule has 1 amide bonds. The topological polar surface area (TPSA) is 106 Å². The Morgan fingerprint density at radius 1 is 1.69 bits per heavy atom. The molecule has 7 nitrogen and oxygen atoms in total. The smallest absolute Gasteiger partial charge is 0.395 e. The summed E-state index contributed by atoms with van der Waals surface area (Å²) in [4.78, 5) is 21.1. The van der Waals surface area contributed by atoms with Crippen molar-refractivity contribution in [2.24, 2.45) is 0 Å². The van der Waals surface area contributed by atoms with E-state index >= 15 is 0 Å². The molecule has 1 aromatic heterocycles. The first-order valence-corrected chi connectivity index (χ1v) is 4.74. The van der Waals surface area contributed by atoms with E-state index in [1.165, 1.54) is 6.07 Å². The molecule has 88 valence electrons. The molecule has 0 unspecified atom stereocenters. The van der Waals surface area contributed by atoms with Crippen molar-refractivity contribution in [1.82, 2.24) is 5.32 Å². The van der Waals surface area contributed by atoms with Crippen molar-refractivity contribution in [2.45, 2.75) is 19.4 Å². The van der Waals surface area contributed by atoms with Crippen LogP contribution in [0.25, 0.3) is 0 Å². The lowest BCUT2D eigenvalue weighted by atomic mass is 10.2. The first-order valence-electron chi connectivity index (χ1n) is 4.74. The summed E-state index contributed by atoms with van der Waals surface area (Å²) in [5, 5.41) is 21.7. The zero-order valence-corrected chi connectivity index (χ0v) is 8.67. The predicted octanol–water partition coefficient (Wildman–Crippen LogP) is 0.689. The van der Waals surface area contributed by atoms with E-state index in [4.69, 9.17) is 9.52 Å². The summed E-state index contributed by atoms with van der Waals surface area (Å²) in [6.45, 7) is 1.61. The molecule has 7 heteroatoms. The van der Waals surface area contributed by atoms with Crippen LogP contribution in [0.3, 0.4) is 0 Å². The maximum absolute atomic E-state index is 11.5. The average Bonchev–Trinajstić information content (AvgIpc) is 2.74. The highest BCUT2D eigenvalue weighted by molar-refractivity contribution is 5.91. The molecule has 0 spiro atoms. The van der Waals surface area contributed by atoms with Crippen LogP contribution in [0.4, 0.5) is 5.88 Å². The molecule has 0 radical (unpaired) electrons. The molecule has 1 rings (SSSR count). The minimum Gasteiger partial charge on any atom is -0.395 e. The lowest BCUT2D eigenvalue weighted by Crippen LogP contribution is -2.36. The molecule has 16 heavy (non-hydrogen) atoms. The largest absolute Gasteiger partial charge is 0.433 e. The summed E-state index contributed by atoms with van der Waals surface area (Å²) in [6, 6.07) is 1.95. The summed E-state index contributed by atoms with van der Waals surface area (Å²) in [5.41, 5.74) is 0. The van der Waals surface area contributed by atoms with Gasteiger partial charge in [0.1, 0.15) is 4.92 Å². The number of nitrogens with zero attached hydrogens (tertiary/aromatic N) is 1. The molecule has 0 saturated heterocycles. The number of carbonyl (C=O) groups is 1. The van der Waals surface area contributed by atoms with Gasteiger partial charge in [0.25, 0.3) is 5.91 Å². The van der Waals surface area contributed by atoms with Crippen molar-refractivity contribution in [3.05, 3.63) is 28.0 Å². The van der Waals surface area contributed by atoms with Gasteiger partial charge in [0.05, 0.1) is 18.7 Å². The van der Waals surface area contributed by atoms with Crippen molar-refractivity contribution < 1.29 is 19.2 Å². The van der Waals surface area contributed by atoms with E-state index < -0.39 is 16.7 Å². The average molecular weight is 228 g/mol. The summed E-state index contributed by atoms with van der Waals surface area (Å²) < 4.78 is 4.70. The molecule has 0 aromatic carbocycles. The Balaban J connectivity index is 2.69. The third kappa shape index (κ3) is 2.80. The Morgan fingerprint density at radius 3 is 2.81 bits per heavy atom. The number of amides is 1. The van der Waals surface area contributed by atoms with Crippen LogP contribution in [0, 0.1) is 10.1 Å². The van der Waals surface area contributed by atoms with E-state index in [2.05, 4.69) is 5.32 Å². The van der Waals surface area contributed by atoms with Crippen LogP contribution in [0.2, 0.25) is 0 Å². The number of nitro groups is 1. The second-order valence-electron chi connectivity index (χ2n) is 3.16. The number of nitrogens with one attached hydrogen (secondary N) is 1. The van der Waals surface area contributed by atoms with Gasteiger partial charge in [-0.2, -0.15) is 0 Å². The van der Waals surface area contributed by atoms with Crippen molar-refractivity contribution in [3.63, 3.8) is 0 Å². The molecular formula is C9H12N2O5. The summed E-state index contributed by atoms with van der Waals surface area (Å²) in [6.07, 6.45) is 0.561. The third-order valence-electron chi connectivity index (χ3n) is 2.04. The fourth-order valence-corrected chi connectivity index (χ4v) is 1.08. The number of hydrogen-bond acceptors (Lipinski definition) is 5. The third-order valence-corrected chi connectivity index (χ3v) is 2.04. The SMILES string of the molecule is CC[C@@H](CO)NC(=O)c1ccc([N+](=O)[O-])o1. The zero-order valence-electron chi connectivity index (χ0n) is 8.67. The van der Waals surface area contributed by atoms with Crippen molar-refractivity contribution in [3.8, 4) is 0 Å². The molecule has 1 heterocycles. The van der Waals surface area contributed by atoms with E-state index in [9.17, 15) is 14.9 Å². The Morgan fingerprint density at radius 2 is 2.38 bits per heavy atom. The maximum Gasteiger partial charge on any atom is 0.433 e. The van der Waals surface area contributed by atoms with Gasteiger partial charge in [-0.1, -0.05) is 6.92 Å². The quantitative estimate of drug-likeness (QED) is 0.569. The molecule has 2 N–H and O–H groups in total. The highest BCUT2D eigenvalue weighted by Gasteiger charge is 2.18. The maximum atomic E-state index is 11.5. The molecular weight excluding hydrogens is 216 g/mol. The van der Waals surface area contributed by atoms with Crippen LogP contribution in [-0.2, 0) is 0 Å². The van der Waals surface area contributed by atoms with Crippen LogP contribution in [-0.4, -0.2) is 28.6 Å². The summed E-state index contributed by atoms with van der Waals surface area (Å²) >= 11 is 0. The van der Waals surface area contributed by atoms with E-state index in [-0.39, 0.29) is 18.4 Å². The molecule has 0 aliphatic heterocycles. The van der Waals surface area contributed by atoms with Gasteiger partial charge < -0.3 is 14.8 Å². The Labute approximate surface area is 91.2 Å². The van der Waals surface area contributed by atoms with Gasteiger partial charge in [-0.05, 0) is 12.5 Å². The predicted molar refractivity (Wildman–Crippen MR) is 54.0 cm³/mol. The van der Waals surface area contributed by atoms with Gasteiger partial charge in [-0.15, -0.1) is 0 Å². The van der Waals surface area contributed by atoms with Crippen LogP contribution < -0.4 is 5.32 Å². The lowest BCUT2D eigenvalue weighted by Gasteiger charge is -2.12. The number of aliphatic hydroxyl groups is 1. The molecule has 1 aromatic rings. The highest BCUT2D eigenvalue weighted by Crippen LogP contribution is 2.15. The zero-order chi connectivity index (χ0) is 12.1. The van der Waals surface area contributed by atoms with Gasteiger partial charge in [0.15, 0.2) is 5.76 Å². The fraction of sp³-hybridized carbons (Fsp3) is 0.444. The van der Waals surface area contributed by atoms with E-state index in [1.54, 1.807) is 6.92 Å². The monoisotopic (exact) mass is 228 g/mol. The molecule has 0 fully saturated rings. The number of aliphatic hydroxyl groups excluding tert-OH is 1. The van der Waals surface area contributed by atoms with Crippen molar-refractivity contribution in [1.29, 1.82) is 0 Å². The van der Waals surface area contributed by atoms with Gasteiger partial charge >= 0.3 is 5.88 Å². The minimum absolute atomic E-state index is 0.140. The fourth-order valence-electron chi connectivity index (χ4n) is 1.08.